The molecular formula is C14H17N3O3. The molecule has 0 atom stereocenters. The number of anilines is 1. The van der Waals surface area contributed by atoms with Gasteiger partial charge in [0.25, 0.3) is 0 Å². The van der Waals surface area contributed by atoms with E-state index in [1.54, 1.807) is 12.1 Å². The molecule has 20 heavy (non-hydrogen) atoms. The Morgan fingerprint density at radius 2 is 2.20 bits per heavy atom. The largest absolute Gasteiger partial charge is 0.463 e. The zero-order valence-electron chi connectivity index (χ0n) is 11.8. The lowest BCUT2D eigenvalue weighted by molar-refractivity contribution is 0.0563. The van der Waals surface area contributed by atoms with Gasteiger partial charge in [-0.25, -0.2) is 14.8 Å². The van der Waals surface area contributed by atoms with Crippen LogP contribution in [0.5, 0.6) is 0 Å². The topological polar surface area (TPSA) is 77.2 Å². The molecule has 1 N–H and O–H groups in total. The molecule has 2 aromatic rings. The van der Waals surface area contributed by atoms with E-state index in [1.807, 2.05) is 19.9 Å². The maximum absolute atomic E-state index is 11.3. The standard InChI is InChI=1S/C14H17N3O3/c1-4-10-7-13(17-9(2)16-10)15-8-11-5-6-12(20-11)14(18)19-3/h5-7H,4,8H2,1-3H3,(H,15,16,17). The van der Waals surface area contributed by atoms with Crippen molar-refractivity contribution in [1.29, 1.82) is 0 Å². The first-order chi connectivity index (χ1) is 9.62. The molecule has 6 heteroatoms. The summed E-state index contributed by atoms with van der Waals surface area (Å²) in [5.74, 6) is 1.81. The van der Waals surface area contributed by atoms with Gasteiger partial charge in [-0.3, -0.25) is 0 Å². The Morgan fingerprint density at radius 3 is 2.90 bits per heavy atom. The number of hydrogen-bond donors (Lipinski definition) is 1. The quantitative estimate of drug-likeness (QED) is 0.844. The molecule has 0 radical (unpaired) electrons. The number of nitrogens with one attached hydrogen (secondary N) is 1. The van der Waals surface area contributed by atoms with Gasteiger partial charge in [0.1, 0.15) is 17.4 Å². The number of ether oxygens (including phenoxy) is 1. The Balaban J connectivity index is 2.03. The lowest BCUT2D eigenvalue weighted by Gasteiger charge is -2.06. The van der Waals surface area contributed by atoms with Crippen LogP contribution in [-0.4, -0.2) is 23.0 Å². The van der Waals surface area contributed by atoms with Gasteiger partial charge in [0.15, 0.2) is 0 Å². The fourth-order valence-corrected chi connectivity index (χ4v) is 1.76. The van der Waals surface area contributed by atoms with Crippen molar-refractivity contribution in [1.82, 2.24) is 9.97 Å². The first-order valence-corrected chi connectivity index (χ1v) is 6.37. The van der Waals surface area contributed by atoms with Crippen molar-refractivity contribution in [2.45, 2.75) is 26.8 Å². The van der Waals surface area contributed by atoms with Crippen LogP contribution in [0.1, 0.15) is 34.8 Å². The highest BCUT2D eigenvalue weighted by Gasteiger charge is 2.11. The van der Waals surface area contributed by atoms with E-state index >= 15 is 0 Å². The average molecular weight is 275 g/mol. The maximum atomic E-state index is 11.3. The van der Waals surface area contributed by atoms with Crippen molar-refractivity contribution in [3.8, 4) is 0 Å². The lowest BCUT2D eigenvalue weighted by Crippen LogP contribution is -2.04. The van der Waals surface area contributed by atoms with E-state index in [0.717, 1.165) is 23.8 Å². The van der Waals surface area contributed by atoms with Crippen LogP contribution in [-0.2, 0) is 17.7 Å². The van der Waals surface area contributed by atoms with Gasteiger partial charge in [0, 0.05) is 11.8 Å². The Labute approximate surface area is 117 Å². The summed E-state index contributed by atoms with van der Waals surface area (Å²) in [6, 6.07) is 5.22. The average Bonchev–Trinajstić information content (AvgIpc) is 2.92. The van der Waals surface area contributed by atoms with Crippen molar-refractivity contribution in [3.05, 3.63) is 41.2 Å². The molecule has 0 aliphatic heterocycles. The molecular weight excluding hydrogens is 258 g/mol. The maximum Gasteiger partial charge on any atom is 0.373 e. The molecule has 6 nitrogen and oxygen atoms in total. The van der Waals surface area contributed by atoms with Gasteiger partial charge in [-0.05, 0) is 25.5 Å². The van der Waals surface area contributed by atoms with E-state index in [-0.39, 0.29) is 5.76 Å². The Morgan fingerprint density at radius 1 is 1.40 bits per heavy atom. The van der Waals surface area contributed by atoms with Crippen LogP contribution >= 0.6 is 0 Å². The lowest BCUT2D eigenvalue weighted by atomic mass is 10.3. The number of carbonyl (C=O) groups is 1. The van der Waals surface area contributed by atoms with Crippen LogP contribution in [0.25, 0.3) is 0 Å². The second-order valence-electron chi connectivity index (χ2n) is 4.26. The Bertz CT molecular complexity index is 607. The molecule has 0 amide bonds. The fourth-order valence-electron chi connectivity index (χ4n) is 1.76. The van der Waals surface area contributed by atoms with Crippen LogP contribution < -0.4 is 5.32 Å². The summed E-state index contributed by atoms with van der Waals surface area (Å²) in [6.07, 6.45) is 0.852. The molecule has 2 heterocycles. The number of aryl methyl sites for hydroxylation is 2. The molecule has 0 saturated carbocycles. The third-order valence-corrected chi connectivity index (χ3v) is 2.75. The number of carbonyl (C=O) groups excluding carboxylic acids is 1. The molecule has 0 unspecified atom stereocenters. The van der Waals surface area contributed by atoms with Crippen LogP contribution in [0, 0.1) is 6.92 Å². The zero-order chi connectivity index (χ0) is 14.5. The van der Waals surface area contributed by atoms with Gasteiger partial charge in [0.2, 0.25) is 5.76 Å². The highest BCUT2D eigenvalue weighted by atomic mass is 16.5. The van der Waals surface area contributed by atoms with Gasteiger partial charge in [-0.15, -0.1) is 0 Å². The van der Waals surface area contributed by atoms with Crippen molar-refractivity contribution in [3.63, 3.8) is 0 Å². The Hall–Kier alpha value is -2.37. The van der Waals surface area contributed by atoms with E-state index in [9.17, 15) is 4.79 Å². The monoisotopic (exact) mass is 275 g/mol. The minimum atomic E-state index is -0.484. The van der Waals surface area contributed by atoms with Crippen molar-refractivity contribution < 1.29 is 13.9 Å². The third kappa shape index (κ3) is 3.34. The van der Waals surface area contributed by atoms with Crippen LogP contribution in [0.3, 0.4) is 0 Å². The molecule has 0 aliphatic carbocycles. The summed E-state index contributed by atoms with van der Waals surface area (Å²) >= 11 is 0. The summed E-state index contributed by atoms with van der Waals surface area (Å²) < 4.78 is 9.95. The van der Waals surface area contributed by atoms with Crippen molar-refractivity contribution >= 4 is 11.8 Å². The fraction of sp³-hybridized carbons (Fsp3) is 0.357. The van der Waals surface area contributed by atoms with Crippen LogP contribution in [0.2, 0.25) is 0 Å². The molecule has 0 fully saturated rings. The smallest absolute Gasteiger partial charge is 0.373 e. The molecule has 106 valence electrons. The first kappa shape index (κ1) is 14.0. The summed E-state index contributed by atoms with van der Waals surface area (Å²) in [5.41, 5.74) is 0.981. The molecule has 0 saturated heterocycles. The van der Waals surface area contributed by atoms with Crippen LogP contribution in [0.15, 0.2) is 22.6 Å². The normalized spacial score (nSPS) is 10.3. The molecule has 0 aromatic carbocycles. The van der Waals surface area contributed by atoms with Gasteiger partial charge in [0.05, 0.1) is 13.7 Å². The highest BCUT2D eigenvalue weighted by Crippen LogP contribution is 2.12. The predicted molar refractivity (Wildman–Crippen MR) is 73.5 cm³/mol. The number of methoxy groups -OCH3 is 1. The molecule has 2 rings (SSSR count). The number of furan rings is 1. The summed E-state index contributed by atoms with van der Waals surface area (Å²) in [7, 11) is 1.32. The van der Waals surface area contributed by atoms with Crippen molar-refractivity contribution in [2.24, 2.45) is 0 Å². The third-order valence-electron chi connectivity index (χ3n) is 2.75. The second kappa shape index (κ2) is 6.18. The van der Waals surface area contributed by atoms with E-state index in [1.165, 1.54) is 7.11 Å². The van der Waals surface area contributed by atoms with Gasteiger partial charge in [-0.1, -0.05) is 6.92 Å². The molecule has 0 bridgehead atoms. The predicted octanol–water partition coefficient (Wildman–Crippen LogP) is 2.34. The number of esters is 1. The van der Waals surface area contributed by atoms with Gasteiger partial charge in [-0.2, -0.15) is 0 Å². The van der Waals surface area contributed by atoms with E-state index in [0.29, 0.717) is 12.3 Å². The van der Waals surface area contributed by atoms with Gasteiger partial charge >= 0.3 is 5.97 Å². The summed E-state index contributed by atoms with van der Waals surface area (Å²) in [6.45, 7) is 4.34. The summed E-state index contributed by atoms with van der Waals surface area (Å²) in [4.78, 5) is 19.9. The molecule has 0 aliphatic rings. The van der Waals surface area contributed by atoms with Gasteiger partial charge < -0.3 is 14.5 Å². The summed E-state index contributed by atoms with van der Waals surface area (Å²) in [5, 5.41) is 3.15. The van der Waals surface area contributed by atoms with E-state index in [4.69, 9.17) is 4.42 Å². The minimum absolute atomic E-state index is 0.192. The number of hydrogen-bond acceptors (Lipinski definition) is 6. The molecule has 2 aromatic heterocycles. The van der Waals surface area contributed by atoms with Crippen LogP contribution in [0.4, 0.5) is 5.82 Å². The number of aromatic nitrogens is 2. The highest BCUT2D eigenvalue weighted by molar-refractivity contribution is 5.86. The second-order valence-corrected chi connectivity index (χ2v) is 4.26. The SMILES string of the molecule is CCc1cc(NCc2ccc(C(=O)OC)o2)nc(C)n1. The number of rotatable bonds is 5. The van der Waals surface area contributed by atoms with E-state index < -0.39 is 5.97 Å². The van der Waals surface area contributed by atoms with Crippen molar-refractivity contribution in [2.75, 3.05) is 12.4 Å². The zero-order valence-corrected chi connectivity index (χ0v) is 11.8. The number of nitrogens with zero attached hydrogens (tertiary/aromatic N) is 2. The Kier molecular flexibility index (Phi) is 4.34. The molecule has 0 spiro atoms. The first-order valence-electron chi connectivity index (χ1n) is 6.37. The minimum Gasteiger partial charge on any atom is -0.463 e. The van der Waals surface area contributed by atoms with E-state index in [2.05, 4.69) is 20.0 Å².